The topological polar surface area (TPSA) is 69.7 Å². The first-order valence-electron chi connectivity index (χ1n) is 7.35. The highest BCUT2D eigenvalue weighted by atomic mass is 35.5. The van der Waals surface area contributed by atoms with Gasteiger partial charge in [0.2, 0.25) is 6.29 Å². The Morgan fingerprint density at radius 1 is 0.920 bits per heavy atom. The molecule has 1 atom stereocenters. The van der Waals surface area contributed by atoms with Gasteiger partial charge in [0.05, 0.1) is 5.56 Å². The molecule has 2 aromatic rings. The van der Waals surface area contributed by atoms with Crippen LogP contribution in [-0.4, -0.2) is 24.0 Å². The Bertz CT molecular complexity index is 794. The van der Waals surface area contributed by atoms with Gasteiger partial charge in [-0.1, -0.05) is 30.3 Å². The molecule has 0 heterocycles. The quantitative estimate of drug-likeness (QED) is 0.340. The van der Waals surface area contributed by atoms with E-state index in [0.29, 0.717) is 16.1 Å². The Kier molecular flexibility index (Phi) is 6.08. The number of rotatable bonds is 6. The number of carbonyl (C=O) groups is 3. The van der Waals surface area contributed by atoms with Gasteiger partial charge in [0.25, 0.3) is 0 Å². The van der Waals surface area contributed by atoms with Crippen LogP contribution in [0.4, 0.5) is 0 Å². The van der Waals surface area contributed by atoms with Crippen molar-refractivity contribution in [2.24, 2.45) is 0 Å². The summed E-state index contributed by atoms with van der Waals surface area (Å²) in [6, 6.07) is 12.5. The summed E-state index contributed by atoms with van der Waals surface area (Å²) in [6.07, 6.45) is -0.0741. The molecule has 1 unspecified atom stereocenters. The van der Waals surface area contributed by atoms with Crippen LogP contribution in [0.5, 0.6) is 0 Å². The smallest absolute Gasteiger partial charge is 0.341 e. The predicted octanol–water partition coefficient (Wildman–Crippen LogP) is 3.80. The molecule has 0 aliphatic rings. The summed E-state index contributed by atoms with van der Waals surface area (Å²) >= 11 is 5.80. The summed E-state index contributed by atoms with van der Waals surface area (Å²) in [6.45, 7) is 4.67. The van der Waals surface area contributed by atoms with E-state index in [2.05, 4.69) is 6.58 Å². The van der Waals surface area contributed by atoms with Gasteiger partial charge in [0.15, 0.2) is 5.78 Å². The lowest BCUT2D eigenvalue weighted by Crippen LogP contribution is -2.20. The maximum absolute atomic E-state index is 12.3. The standard InChI is InChI=1S/C19H15ClO5/c1-3-17(21)24-12(2)25-19(23)15-6-4-13(5-7-15)18(22)14-8-10-16(20)11-9-14/h3-12H,1H2,2H3. The number of esters is 2. The molecule has 0 fully saturated rings. The molecule has 2 rings (SSSR count). The molecule has 0 aliphatic carbocycles. The van der Waals surface area contributed by atoms with Gasteiger partial charge in [-0.05, 0) is 36.4 Å². The fourth-order valence-electron chi connectivity index (χ4n) is 1.98. The van der Waals surface area contributed by atoms with Gasteiger partial charge < -0.3 is 9.47 Å². The molecule has 0 radical (unpaired) electrons. The molecule has 5 nitrogen and oxygen atoms in total. The Morgan fingerprint density at radius 2 is 1.40 bits per heavy atom. The van der Waals surface area contributed by atoms with Crippen molar-refractivity contribution in [1.82, 2.24) is 0 Å². The second-order valence-electron chi connectivity index (χ2n) is 5.03. The summed E-state index contributed by atoms with van der Waals surface area (Å²) in [5.74, 6) is -1.55. The van der Waals surface area contributed by atoms with E-state index in [1.54, 1.807) is 24.3 Å². The zero-order valence-electron chi connectivity index (χ0n) is 13.4. The van der Waals surface area contributed by atoms with Crippen molar-refractivity contribution < 1.29 is 23.9 Å². The summed E-state index contributed by atoms with van der Waals surface area (Å²) in [5.41, 5.74) is 1.14. The Balaban J connectivity index is 2.04. The van der Waals surface area contributed by atoms with Crippen LogP contribution in [-0.2, 0) is 14.3 Å². The van der Waals surface area contributed by atoms with E-state index in [1.165, 1.54) is 31.2 Å². The van der Waals surface area contributed by atoms with Gasteiger partial charge in [0, 0.05) is 29.1 Å². The van der Waals surface area contributed by atoms with Gasteiger partial charge in [-0.25, -0.2) is 9.59 Å². The lowest BCUT2D eigenvalue weighted by molar-refractivity contribution is -0.159. The van der Waals surface area contributed by atoms with Gasteiger partial charge >= 0.3 is 11.9 Å². The van der Waals surface area contributed by atoms with Crippen molar-refractivity contribution in [3.63, 3.8) is 0 Å². The highest BCUT2D eigenvalue weighted by Gasteiger charge is 2.15. The van der Waals surface area contributed by atoms with Crippen LogP contribution in [0.1, 0.15) is 33.2 Å². The summed E-state index contributed by atoms with van der Waals surface area (Å²) in [5, 5.41) is 0.543. The normalized spacial score (nSPS) is 11.3. The monoisotopic (exact) mass is 358 g/mol. The third kappa shape index (κ3) is 5.02. The SMILES string of the molecule is C=CC(=O)OC(C)OC(=O)c1ccc(C(=O)c2ccc(Cl)cc2)cc1. The number of hydrogen-bond donors (Lipinski definition) is 0. The molecule has 2 aromatic carbocycles. The van der Waals surface area contributed by atoms with E-state index in [0.717, 1.165) is 6.08 Å². The fourth-order valence-corrected chi connectivity index (χ4v) is 2.11. The minimum absolute atomic E-state index is 0.190. The van der Waals surface area contributed by atoms with Gasteiger partial charge in [-0.3, -0.25) is 4.79 Å². The highest BCUT2D eigenvalue weighted by Crippen LogP contribution is 2.15. The summed E-state index contributed by atoms with van der Waals surface area (Å²) in [4.78, 5) is 35.4. The zero-order valence-corrected chi connectivity index (χ0v) is 14.2. The Morgan fingerprint density at radius 3 is 1.92 bits per heavy atom. The average molecular weight is 359 g/mol. The van der Waals surface area contributed by atoms with Gasteiger partial charge in [0.1, 0.15) is 0 Å². The number of hydrogen-bond acceptors (Lipinski definition) is 5. The third-order valence-electron chi connectivity index (χ3n) is 3.21. The van der Waals surface area contributed by atoms with Crippen LogP contribution < -0.4 is 0 Å². The van der Waals surface area contributed by atoms with E-state index in [-0.39, 0.29) is 11.3 Å². The third-order valence-corrected chi connectivity index (χ3v) is 3.46. The van der Waals surface area contributed by atoms with Crippen molar-refractivity contribution in [3.05, 3.63) is 82.9 Å². The maximum Gasteiger partial charge on any atom is 0.341 e. The van der Waals surface area contributed by atoms with E-state index in [1.807, 2.05) is 0 Å². The Hall–Kier alpha value is -2.92. The molecule has 0 saturated carbocycles. The molecule has 0 spiro atoms. The van der Waals surface area contributed by atoms with Crippen LogP contribution >= 0.6 is 11.6 Å². The predicted molar refractivity (Wildman–Crippen MR) is 92.5 cm³/mol. The fraction of sp³-hybridized carbons (Fsp3) is 0.105. The van der Waals surface area contributed by atoms with Crippen molar-refractivity contribution >= 4 is 29.3 Å². The number of ketones is 1. The van der Waals surface area contributed by atoms with Crippen molar-refractivity contribution in [1.29, 1.82) is 0 Å². The minimum Gasteiger partial charge on any atom is -0.422 e. The van der Waals surface area contributed by atoms with Crippen molar-refractivity contribution in [3.8, 4) is 0 Å². The van der Waals surface area contributed by atoms with Gasteiger partial charge in [-0.2, -0.15) is 0 Å². The zero-order chi connectivity index (χ0) is 18.4. The minimum atomic E-state index is -1.05. The molecule has 0 amide bonds. The molecule has 0 N–H and O–H groups in total. The van der Waals surface area contributed by atoms with Crippen molar-refractivity contribution in [2.45, 2.75) is 13.2 Å². The van der Waals surface area contributed by atoms with E-state index >= 15 is 0 Å². The molecular formula is C19H15ClO5. The van der Waals surface area contributed by atoms with Gasteiger partial charge in [-0.15, -0.1) is 0 Å². The van der Waals surface area contributed by atoms with Crippen LogP contribution in [0, 0.1) is 0 Å². The van der Waals surface area contributed by atoms with Crippen LogP contribution in [0.25, 0.3) is 0 Å². The summed E-state index contributed by atoms with van der Waals surface area (Å²) < 4.78 is 9.73. The first kappa shape index (κ1) is 18.4. The van der Waals surface area contributed by atoms with Crippen molar-refractivity contribution in [2.75, 3.05) is 0 Å². The first-order chi connectivity index (χ1) is 11.9. The average Bonchev–Trinajstić information content (AvgIpc) is 2.61. The molecule has 0 aliphatic heterocycles. The lowest BCUT2D eigenvalue weighted by Gasteiger charge is -2.13. The van der Waals surface area contributed by atoms with E-state index in [4.69, 9.17) is 21.1 Å². The molecular weight excluding hydrogens is 344 g/mol. The number of benzene rings is 2. The molecule has 25 heavy (non-hydrogen) atoms. The molecule has 6 heteroatoms. The van der Waals surface area contributed by atoms with Crippen LogP contribution in [0.3, 0.4) is 0 Å². The maximum atomic E-state index is 12.3. The second-order valence-corrected chi connectivity index (χ2v) is 5.46. The molecule has 0 bridgehead atoms. The van der Waals surface area contributed by atoms with E-state index in [9.17, 15) is 14.4 Å². The lowest BCUT2D eigenvalue weighted by atomic mass is 10.0. The number of halogens is 1. The second kappa shape index (κ2) is 8.26. The Labute approximate surface area is 149 Å². The molecule has 0 saturated heterocycles. The first-order valence-corrected chi connectivity index (χ1v) is 7.73. The largest absolute Gasteiger partial charge is 0.422 e. The number of carbonyl (C=O) groups excluding carboxylic acids is 3. The highest BCUT2D eigenvalue weighted by molar-refractivity contribution is 6.30. The number of ether oxygens (including phenoxy) is 2. The molecule has 128 valence electrons. The summed E-state index contributed by atoms with van der Waals surface area (Å²) in [7, 11) is 0. The van der Waals surface area contributed by atoms with Crippen LogP contribution in [0.15, 0.2) is 61.2 Å². The molecule has 0 aromatic heterocycles. The van der Waals surface area contributed by atoms with Crippen LogP contribution in [0.2, 0.25) is 5.02 Å². The van der Waals surface area contributed by atoms with E-state index < -0.39 is 18.2 Å².